The van der Waals surface area contributed by atoms with Crippen LogP contribution in [-0.2, 0) is 14.8 Å². The zero-order valence-corrected chi connectivity index (χ0v) is 20.9. The van der Waals surface area contributed by atoms with Crippen molar-refractivity contribution >= 4 is 32.7 Å². The highest BCUT2D eigenvalue weighted by Crippen LogP contribution is 2.43. The van der Waals surface area contributed by atoms with E-state index in [0.717, 1.165) is 67.5 Å². The number of aromatic nitrogens is 3. The van der Waals surface area contributed by atoms with Crippen LogP contribution in [0.5, 0.6) is 0 Å². The molecule has 2 aromatic heterocycles. The largest absolute Gasteiger partial charge is 0.384 e. The normalized spacial score (nSPS) is 19.0. The Labute approximate surface area is 205 Å². The summed E-state index contributed by atoms with van der Waals surface area (Å²) in [6.45, 7) is 2.30. The number of carbonyl (C=O) groups is 1. The lowest BCUT2D eigenvalue weighted by Crippen LogP contribution is -2.37. The molecule has 1 unspecified atom stereocenters. The molecule has 1 saturated carbocycles. The topological polar surface area (TPSA) is 106 Å². The number of rotatable bonds is 7. The molecule has 1 aromatic carbocycles. The fourth-order valence-corrected chi connectivity index (χ4v) is 5.52. The first kappa shape index (κ1) is 23.7. The Kier molecular flexibility index (Phi) is 6.50. The van der Waals surface area contributed by atoms with Crippen molar-refractivity contribution in [1.29, 1.82) is 0 Å². The van der Waals surface area contributed by atoms with Crippen molar-refractivity contribution in [3.05, 3.63) is 47.8 Å². The Bertz CT molecular complexity index is 1330. The van der Waals surface area contributed by atoms with E-state index in [-0.39, 0.29) is 5.69 Å². The SMILES string of the molecule is COCC1CCCN(c2cc(C(=O)NS(C)(=O)=O)nc3c2c(C2CCC2)nn3-c2ccccc2)C1. The number of fused-ring (bicyclic) bond motifs is 1. The standard InChI is InChI=1S/C25H31N5O4S/c1-34-16-17-8-7-13-29(15-17)21-14-20(25(31)28-35(2,32)33)26-24-22(21)23(18-9-6-10-18)27-30(24)19-11-4-3-5-12-19/h3-5,11-12,14,17-18H,6-10,13,15-16H2,1-2H3,(H,28,31). The van der Waals surface area contributed by atoms with Gasteiger partial charge in [0.15, 0.2) is 5.65 Å². The second-order valence-electron chi connectivity index (χ2n) is 9.60. The van der Waals surface area contributed by atoms with E-state index < -0.39 is 15.9 Å². The third-order valence-electron chi connectivity index (χ3n) is 6.91. The second kappa shape index (κ2) is 9.58. The predicted molar refractivity (Wildman–Crippen MR) is 135 cm³/mol. The van der Waals surface area contributed by atoms with Gasteiger partial charge < -0.3 is 9.64 Å². The summed E-state index contributed by atoms with van der Waals surface area (Å²) in [7, 11) is -2.02. The molecule has 2 aliphatic rings. The van der Waals surface area contributed by atoms with Gasteiger partial charge in [0.2, 0.25) is 10.0 Å². The maximum Gasteiger partial charge on any atom is 0.283 e. The average Bonchev–Trinajstić information content (AvgIpc) is 3.16. The van der Waals surface area contributed by atoms with Crippen molar-refractivity contribution in [2.75, 3.05) is 38.0 Å². The maximum atomic E-state index is 12.9. The molecule has 9 nitrogen and oxygen atoms in total. The summed E-state index contributed by atoms with van der Waals surface area (Å²) in [5, 5.41) is 5.97. The Hall–Kier alpha value is -2.98. The average molecular weight is 498 g/mol. The fraction of sp³-hybridized carbons (Fsp3) is 0.480. The van der Waals surface area contributed by atoms with Crippen molar-refractivity contribution in [2.45, 2.75) is 38.0 Å². The molecule has 1 atom stereocenters. The van der Waals surface area contributed by atoms with Gasteiger partial charge in [-0.1, -0.05) is 24.6 Å². The highest BCUT2D eigenvalue weighted by Gasteiger charge is 2.32. The van der Waals surface area contributed by atoms with E-state index in [1.165, 1.54) is 6.42 Å². The van der Waals surface area contributed by atoms with E-state index in [0.29, 0.717) is 24.1 Å². The number of hydrogen-bond acceptors (Lipinski definition) is 7. The smallest absolute Gasteiger partial charge is 0.283 e. The number of nitrogens with zero attached hydrogens (tertiary/aromatic N) is 4. The number of para-hydroxylation sites is 1. The van der Waals surface area contributed by atoms with E-state index in [1.54, 1.807) is 17.9 Å². The van der Waals surface area contributed by atoms with Crippen molar-refractivity contribution in [1.82, 2.24) is 19.5 Å². The summed E-state index contributed by atoms with van der Waals surface area (Å²) in [6, 6.07) is 11.5. The number of benzene rings is 1. The molecule has 0 bridgehead atoms. The highest BCUT2D eigenvalue weighted by atomic mass is 32.2. The van der Waals surface area contributed by atoms with Crippen LogP contribution in [0.4, 0.5) is 5.69 Å². The third-order valence-corrected chi connectivity index (χ3v) is 7.47. The molecular formula is C25H31N5O4S. The molecule has 0 spiro atoms. The molecular weight excluding hydrogens is 466 g/mol. The van der Waals surface area contributed by atoms with Crippen molar-refractivity contribution in [2.24, 2.45) is 5.92 Å². The van der Waals surface area contributed by atoms with E-state index in [2.05, 4.69) is 14.6 Å². The number of carbonyl (C=O) groups excluding carboxylic acids is 1. The molecule has 1 N–H and O–H groups in total. The van der Waals surface area contributed by atoms with Gasteiger partial charge in [0, 0.05) is 26.1 Å². The zero-order chi connectivity index (χ0) is 24.6. The number of ether oxygens (including phenoxy) is 1. The Morgan fingerprint density at radius 2 is 1.94 bits per heavy atom. The number of methoxy groups -OCH3 is 1. The predicted octanol–water partition coefficient (Wildman–Crippen LogP) is 3.24. The minimum Gasteiger partial charge on any atom is -0.384 e. The van der Waals surface area contributed by atoms with E-state index in [4.69, 9.17) is 9.84 Å². The maximum absolute atomic E-state index is 12.9. The summed E-state index contributed by atoms with van der Waals surface area (Å²) in [4.78, 5) is 19.9. The Balaban J connectivity index is 1.72. The number of nitrogens with one attached hydrogen (secondary N) is 1. The van der Waals surface area contributed by atoms with Gasteiger partial charge in [-0.25, -0.2) is 22.8 Å². The van der Waals surface area contributed by atoms with Gasteiger partial charge in [0.25, 0.3) is 5.91 Å². The summed E-state index contributed by atoms with van der Waals surface area (Å²) in [5.74, 6) is -0.0213. The quantitative estimate of drug-likeness (QED) is 0.534. The van der Waals surface area contributed by atoms with Gasteiger partial charge in [-0.2, -0.15) is 5.10 Å². The van der Waals surface area contributed by atoms with E-state index in [9.17, 15) is 13.2 Å². The number of hydrogen-bond donors (Lipinski definition) is 1. The van der Waals surface area contributed by atoms with Gasteiger partial charge in [0.05, 0.1) is 35.3 Å². The molecule has 1 amide bonds. The van der Waals surface area contributed by atoms with Gasteiger partial charge >= 0.3 is 0 Å². The number of amides is 1. The molecule has 3 aromatic rings. The summed E-state index contributed by atoms with van der Waals surface area (Å²) >= 11 is 0. The number of piperidine rings is 1. The minimum absolute atomic E-state index is 0.0593. The van der Waals surface area contributed by atoms with E-state index in [1.807, 2.05) is 30.3 Å². The van der Waals surface area contributed by atoms with Crippen molar-refractivity contribution in [3.63, 3.8) is 0 Å². The van der Waals surface area contributed by atoms with Crippen molar-refractivity contribution < 1.29 is 17.9 Å². The molecule has 186 valence electrons. The van der Waals surface area contributed by atoms with Gasteiger partial charge in [-0.3, -0.25) is 4.79 Å². The van der Waals surface area contributed by atoms with Crippen LogP contribution in [0.1, 0.15) is 54.2 Å². The zero-order valence-electron chi connectivity index (χ0n) is 20.1. The molecule has 10 heteroatoms. The third kappa shape index (κ3) is 4.90. The van der Waals surface area contributed by atoms with Crippen LogP contribution in [0.25, 0.3) is 16.7 Å². The van der Waals surface area contributed by atoms with Crippen molar-refractivity contribution in [3.8, 4) is 5.69 Å². The summed E-state index contributed by atoms with van der Waals surface area (Å²) in [5.41, 5.74) is 3.37. The number of pyridine rings is 1. The van der Waals surface area contributed by atoms with Gasteiger partial charge in [-0.05, 0) is 49.8 Å². The molecule has 2 fully saturated rings. The Morgan fingerprint density at radius 3 is 2.60 bits per heavy atom. The van der Waals surface area contributed by atoms with Crippen LogP contribution in [0.2, 0.25) is 0 Å². The number of sulfonamides is 1. The second-order valence-corrected chi connectivity index (χ2v) is 11.3. The van der Waals surface area contributed by atoms with Crippen LogP contribution in [0, 0.1) is 5.92 Å². The monoisotopic (exact) mass is 497 g/mol. The molecule has 35 heavy (non-hydrogen) atoms. The van der Waals surface area contributed by atoms with Crippen LogP contribution in [0.3, 0.4) is 0 Å². The minimum atomic E-state index is -3.74. The fourth-order valence-electron chi connectivity index (χ4n) is 5.08. The Morgan fingerprint density at radius 1 is 1.17 bits per heavy atom. The van der Waals surface area contributed by atoms with Crippen LogP contribution >= 0.6 is 0 Å². The molecule has 1 aliphatic carbocycles. The lowest BCUT2D eigenvalue weighted by molar-refractivity contribution is 0.0977. The first-order valence-corrected chi connectivity index (χ1v) is 14.0. The van der Waals surface area contributed by atoms with Gasteiger partial charge in [-0.15, -0.1) is 0 Å². The first-order chi connectivity index (χ1) is 16.8. The molecule has 1 aliphatic heterocycles. The lowest BCUT2D eigenvalue weighted by Gasteiger charge is -2.35. The summed E-state index contributed by atoms with van der Waals surface area (Å²) < 4.78 is 32.9. The molecule has 5 rings (SSSR count). The van der Waals surface area contributed by atoms with Crippen LogP contribution < -0.4 is 9.62 Å². The lowest BCUT2D eigenvalue weighted by atomic mass is 9.81. The highest BCUT2D eigenvalue weighted by molar-refractivity contribution is 7.89. The number of anilines is 1. The van der Waals surface area contributed by atoms with Gasteiger partial charge in [0.1, 0.15) is 5.69 Å². The molecule has 0 radical (unpaired) electrons. The summed E-state index contributed by atoms with van der Waals surface area (Å²) in [6.07, 6.45) is 6.37. The first-order valence-electron chi connectivity index (χ1n) is 12.1. The van der Waals surface area contributed by atoms with Crippen LogP contribution in [0.15, 0.2) is 36.4 Å². The van der Waals surface area contributed by atoms with Crippen LogP contribution in [-0.4, -0.2) is 62.2 Å². The molecule has 1 saturated heterocycles. The molecule has 3 heterocycles. The van der Waals surface area contributed by atoms with E-state index >= 15 is 0 Å².